The lowest BCUT2D eigenvalue weighted by Crippen LogP contribution is -2.75. The second kappa shape index (κ2) is 19.7. The Morgan fingerprint density at radius 2 is 0.635 bits per heavy atom. The highest BCUT2D eigenvalue weighted by Gasteiger charge is 2.47. The van der Waals surface area contributed by atoms with E-state index in [4.69, 9.17) is 0 Å². The molecule has 0 aliphatic carbocycles. The van der Waals surface area contributed by atoms with Crippen molar-refractivity contribution in [1.29, 1.82) is 0 Å². The lowest BCUT2D eigenvalue weighted by molar-refractivity contribution is -0.713. The molecular weight excluding hydrogens is 1080 g/mol. The first-order valence-corrected chi connectivity index (χ1v) is 19.6. The van der Waals surface area contributed by atoms with E-state index in [2.05, 4.69) is 4.98 Å². The van der Waals surface area contributed by atoms with E-state index in [9.17, 15) is 119 Å². The van der Waals surface area contributed by atoms with Crippen molar-refractivity contribution in [2.24, 2.45) is 0 Å². The maximum Gasteiger partial charge on any atom is 0.416 e. The molecular formula is C44H21BF26N2O. The highest BCUT2D eigenvalue weighted by molar-refractivity contribution is 7.20. The van der Waals surface area contributed by atoms with Gasteiger partial charge < -0.3 is 0 Å². The van der Waals surface area contributed by atoms with E-state index in [0.29, 0.717) is 5.56 Å². The van der Waals surface area contributed by atoms with Gasteiger partial charge in [0.2, 0.25) is 12.3 Å². The molecule has 0 unspecified atom stereocenters. The standard InChI is InChI=1S/C32H12BF24.C12H9F2N2O/c34-25(35,36)13-1-14(26(37,38)39)6-21(5-13)33(22-7-15(27(40,41)42)2-16(8-22)28(43,44)45,23-9-17(29(46,47)48)3-18(10-23)30(49,50)51)24-11-19(31(52,53)54)4-20(12-24)32(55,56)57;13-11-12(14)16(7-6-15-11)8-10(17)9-4-2-1-3-5-9/h1-12H;1-7H,8H2/q-1;+1. The van der Waals surface area contributed by atoms with Gasteiger partial charge in [-0.1, -0.05) is 78.9 Å². The van der Waals surface area contributed by atoms with Crippen LogP contribution in [0.25, 0.3) is 0 Å². The van der Waals surface area contributed by atoms with Crippen molar-refractivity contribution in [3.63, 3.8) is 0 Å². The van der Waals surface area contributed by atoms with Crippen LogP contribution in [0.5, 0.6) is 0 Å². The van der Waals surface area contributed by atoms with Crippen LogP contribution in [0.3, 0.4) is 0 Å². The van der Waals surface area contributed by atoms with Crippen LogP contribution in [0, 0.1) is 11.9 Å². The smallest absolute Gasteiger partial charge is 0.287 e. The average Bonchev–Trinajstić information content (AvgIpc) is 3.26. The van der Waals surface area contributed by atoms with Crippen LogP contribution in [0.1, 0.15) is 54.9 Å². The predicted octanol–water partition coefficient (Wildman–Crippen LogP) is 12.7. The first kappa shape index (κ1) is 58.0. The van der Waals surface area contributed by atoms with Gasteiger partial charge in [-0.3, -0.25) is 4.79 Å². The van der Waals surface area contributed by atoms with Crippen molar-refractivity contribution in [1.82, 2.24) is 4.98 Å². The van der Waals surface area contributed by atoms with Crippen molar-refractivity contribution in [3.8, 4) is 0 Å². The topological polar surface area (TPSA) is 33.8 Å². The molecule has 0 N–H and O–H groups in total. The van der Waals surface area contributed by atoms with Gasteiger partial charge >= 0.3 is 61.3 Å². The highest BCUT2D eigenvalue weighted by Crippen LogP contribution is 2.41. The van der Waals surface area contributed by atoms with Gasteiger partial charge in [0, 0.05) is 5.56 Å². The molecule has 0 aliphatic rings. The molecule has 5 aromatic carbocycles. The van der Waals surface area contributed by atoms with Gasteiger partial charge in [-0.15, -0.1) is 4.39 Å². The highest BCUT2D eigenvalue weighted by atomic mass is 19.4. The molecule has 398 valence electrons. The van der Waals surface area contributed by atoms with Crippen molar-refractivity contribution in [3.05, 3.63) is 177 Å². The molecule has 0 radical (unpaired) electrons. The lowest BCUT2D eigenvalue weighted by atomic mass is 9.12. The van der Waals surface area contributed by atoms with Crippen LogP contribution < -0.4 is 26.4 Å². The van der Waals surface area contributed by atoms with Crippen LogP contribution in [-0.4, -0.2) is 16.9 Å². The number of ketones is 1. The van der Waals surface area contributed by atoms with Crippen LogP contribution in [0.4, 0.5) is 114 Å². The molecule has 0 aliphatic heterocycles. The third-order valence-corrected chi connectivity index (χ3v) is 10.7. The van der Waals surface area contributed by atoms with Crippen molar-refractivity contribution >= 4 is 33.8 Å². The van der Waals surface area contributed by atoms with Gasteiger partial charge in [-0.2, -0.15) is 136 Å². The van der Waals surface area contributed by atoms with E-state index in [1.807, 2.05) is 0 Å². The summed E-state index contributed by atoms with van der Waals surface area (Å²) >= 11 is 0. The summed E-state index contributed by atoms with van der Waals surface area (Å²) in [7, 11) is 0. The summed E-state index contributed by atoms with van der Waals surface area (Å²) in [6.45, 7) is -0.255. The van der Waals surface area contributed by atoms with E-state index in [0.717, 1.165) is 10.8 Å². The number of aromatic nitrogens is 2. The second-order valence-electron chi connectivity index (χ2n) is 15.6. The molecule has 30 heteroatoms. The number of carbonyl (C=O) groups excluding carboxylic acids is 1. The van der Waals surface area contributed by atoms with E-state index in [-0.39, 0.29) is 12.3 Å². The zero-order valence-corrected chi connectivity index (χ0v) is 35.4. The van der Waals surface area contributed by atoms with E-state index in [1.54, 1.807) is 30.3 Å². The Labute approximate surface area is 395 Å². The number of halogens is 26. The van der Waals surface area contributed by atoms with Gasteiger partial charge in [0.1, 0.15) is 6.15 Å². The SMILES string of the molecule is FC(F)(F)c1cc([B-](c2cc(C(F)(F)F)cc(C(F)(F)F)c2)(c2cc(C(F)(F)F)cc(C(F)(F)F)c2)c2cc(C(F)(F)F)cc(C(F)(F)F)c2)cc(C(F)(F)F)c1.O=C(C[n+]1ccnc(F)c1F)c1ccccc1. The number of benzene rings is 5. The fraction of sp³-hybridized carbons (Fsp3) is 0.205. The molecule has 0 saturated carbocycles. The van der Waals surface area contributed by atoms with E-state index < -0.39 is 207 Å². The lowest BCUT2D eigenvalue weighted by Gasteiger charge is -2.46. The largest absolute Gasteiger partial charge is 0.416 e. The summed E-state index contributed by atoms with van der Waals surface area (Å²) in [6.07, 6.45) is -52.5. The van der Waals surface area contributed by atoms with E-state index >= 15 is 0 Å². The Hall–Kier alpha value is -6.91. The van der Waals surface area contributed by atoms with Crippen LogP contribution in [-0.2, 0) is 56.0 Å². The summed E-state index contributed by atoms with van der Waals surface area (Å²) in [5.41, 5.74) is -29.7. The number of alkyl halides is 24. The number of hydrogen-bond donors (Lipinski definition) is 0. The van der Waals surface area contributed by atoms with Crippen LogP contribution in [0.2, 0.25) is 0 Å². The Kier molecular flexibility index (Phi) is 15.5. The normalized spacial score (nSPS) is 13.4. The monoisotopic (exact) mass is 1100 g/mol. The van der Waals surface area contributed by atoms with Crippen LogP contribution >= 0.6 is 0 Å². The third kappa shape index (κ3) is 13.1. The van der Waals surface area contributed by atoms with Crippen molar-refractivity contribution < 1.29 is 124 Å². The molecule has 6 rings (SSSR count). The quantitative estimate of drug-likeness (QED) is 0.0691. The molecule has 0 spiro atoms. The minimum absolute atomic E-state index is 0.255. The summed E-state index contributed by atoms with van der Waals surface area (Å²) < 4.78 is 368. The minimum atomic E-state index is -6.13. The van der Waals surface area contributed by atoms with Crippen molar-refractivity contribution in [2.75, 3.05) is 0 Å². The second-order valence-corrected chi connectivity index (χ2v) is 15.6. The fourth-order valence-corrected chi connectivity index (χ4v) is 7.48. The van der Waals surface area contributed by atoms with Gasteiger partial charge in [-0.25, -0.2) is 4.98 Å². The first-order chi connectivity index (χ1) is 33.4. The molecule has 0 bridgehead atoms. The fourth-order valence-electron chi connectivity index (χ4n) is 7.48. The molecule has 0 atom stereocenters. The Morgan fingerprint density at radius 1 is 0.392 bits per heavy atom. The Bertz CT molecular complexity index is 2580. The Balaban J connectivity index is 0.000000500. The molecule has 0 amide bonds. The van der Waals surface area contributed by atoms with Gasteiger partial charge in [0.25, 0.3) is 0 Å². The molecule has 1 heterocycles. The van der Waals surface area contributed by atoms with Gasteiger partial charge in [-0.05, 0) is 24.3 Å². The molecule has 3 nitrogen and oxygen atoms in total. The first-order valence-electron chi connectivity index (χ1n) is 19.6. The molecule has 1 aromatic heterocycles. The minimum Gasteiger partial charge on any atom is -0.287 e. The number of Topliss-reactive ketones (excluding diaryl/α,β-unsaturated/α-hetero) is 1. The number of carbonyl (C=O) groups is 1. The predicted molar refractivity (Wildman–Crippen MR) is 205 cm³/mol. The zero-order valence-electron chi connectivity index (χ0n) is 35.4. The maximum absolute atomic E-state index is 14.2. The Morgan fingerprint density at radius 3 is 0.865 bits per heavy atom. The molecule has 0 fully saturated rings. The van der Waals surface area contributed by atoms with Gasteiger partial charge in [0.15, 0.2) is 6.20 Å². The number of rotatable bonds is 7. The van der Waals surface area contributed by atoms with Crippen LogP contribution in [0.15, 0.2) is 116 Å². The van der Waals surface area contributed by atoms with Gasteiger partial charge in [0.05, 0.1) is 50.7 Å². The molecule has 6 aromatic rings. The molecule has 0 saturated heterocycles. The maximum atomic E-state index is 14.2. The summed E-state index contributed by atoms with van der Waals surface area (Å²) in [5.74, 6) is -2.65. The van der Waals surface area contributed by atoms with E-state index in [1.165, 1.54) is 6.20 Å². The average molecular weight is 1100 g/mol. The zero-order chi connectivity index (χ0) is 56.2. The number of nitrogens with zero attached hydrogens (tertiary/aromatic N) is 2. The molecule has 74 heavy (non-hydrogen) atoms. The summed E-state index contributed by atoms with van der Waals surface area (Å²) in [5, 5.41) is 0. The summed E-state index contributed by atoms with van der Waals surface area (Å²) in [6, 6.07) is -0.370. The van der Waals surface area contributed by atoms with Crippen molar-refractivity contribution in [2.45, 2.75) is 56.0 Å². The number of hydrogen-bond acceptors (Lipinski definition) is 2. The third-order valence-electron chi connectivity index (χ3n) is 10.7. The summed E-state index contributed by atoms with van der Waals surface area (Å²) in [4.78, 5) is 14.9.